The van der Waals surface area contributed by atoms with Crippen LogP contribution in [0.5, 0.6) is 5.75 Å². The number of aromatic nitrogens is 1. The van der Waals surface area contributed by atoms with E-state index >= 15 is 0 Å². The molecule has 0 radical (unpaired) electrons. The van der Waals surface area contributed by atoms with Crippen molar-refractivity contribution in [3.8, 4) is 17.6 Å². The zero-order valence-corrected chi connectivity index (χ0v) is 12.2. The van der Waals surface area contributed by atoms with E-state index in [9.17, 15) is 4.79 Å². The van der Waals surface area contributed by atoms with E-state index < -0.39 is 0 Å². The number of nitrogens with one attached hydrogen (secondary N) is 1. The number of amides is 1. The first kappa shape index (κ1) is 15.0. The molecule has 0 fully saturated rings. The molecule has 0 aliphatic rings. The van der Waals surface area contributed by atoms with Gasteiger partial charge in [-0.2, -0.15) is 0 Å². The number of hydrogen-bond donors (Lipinski definition) is 2. The van der Waals surface area contributed by atoms with Gasteiger partial charge in [-0.15, -0.1) is 0 Å². The van der Waals surface area contributed by atoms with Crippen molar-refractivity contribution in [2.24, 2.45) is 0 Å². The van der Waals surface area contributed by atoms with Crippen molar-refractivity contribution in [1.82, 2.24) is 4.98 Å². The smallest absolute Gasteiger partial charge is 0.230 e. The quantitative estimate of drug-likeness (QED) is 0.843. The summed E-state index contributed by atoms with van der Waals surface area (Å²) < 4.78 is 5.12. The number of methoxy groups -OCH3 is 1. The molecule has 108 valence electrons. The molecule has 0 spiro atoms. The minimum atomic E-state index is -0.199. The predicted molar refractivity (Wildman–Crippen MR) is 81.4 cm³/mol. The number of aliphatic hydroxyl groups is 1. The average molecular weight is 302 g/mol. The molecule has 0 aliphatic carbocycles. The second kappa shape index (κ2) is 7.43. The number of carbonyl (C=O) groups excluding carboxylic acids is 1. The molecule has 0 saturated heterocycles. The third kappa shape index (κ3) is 4.60. The van der Waals surface area contributed by atoms with Crippen molar-refractivity contribution in [2.45, 2.75) is 6.42 Å². The number of rotatable bonds is 4. The van der Waals surface area contributed by atoms with Gasteiger partial charge in [0.2, 0.25) is 5.91 Å². The van der Waals surface area contributed by atoms with Gasteiger partial charge in [0, 0.05) is 0 Å². The topological polar surface area (TPSA) is 71.5 Å². The Balaban J connectivity index is 1.96. The number of thiazole rings is 1. The molecular weight excluding hydrogens is 288 g/mol. The molecule has 0 atom stereocenters. The molecule has 5 nitrogen and oxygen atoms in total. The summed E-state index contributed by atoms with van der Waals surface area (Å²) in [6.07, 6.45) is 1.81. The number of carbonyl (C=O) groups is 1. The van der Waals surface area contributed by atoms with Crippen molar-refractivity contribution in [3.05, 3.63) is 40.9 Å². The van der Waals surface area contributed by atoms with Crippen LogP contribution in [0.4, 0.5) is 5.13 Å². The monoisotopic (exact) mass is 302 g/mol. The van der Waals surface area contributed by atoms with E-state index in [-0.39, 0.29) is 18.9 Å². The Morgan fingerprint density at radius 2 is 2.38 bits per heavy atom. The van der Waals surface area contributed by atoms with E-state index in [0.29, 0.717) is 10.0 Å². The van der Waals surface area contributed by atoms with Gasteiger partial charge in [0.1, 0.15) is 12.4 Å². The van der Waals surface area contributed by atoms with Crippen LogP contribution in [0.15, 0.2) is 30.5 Å². The molecule has 1 amide bonds. The second-order valence-electron chi connectivity index (χ2n) is 4.07. The number of anilines is 1. The number of hydrogen-bond acceptors (Lipinski definition) is 5. The van der Waals surface area contributed by atoms with Crippen LogP contribution in [0.2, 0.25) is 0 Å². The Kier molecular flexibility index (Phi) is 5.32. The highest BCUT2D eigenvalue weighted by Gasteiger charge is 2.07. The Morgan fingerprint density at radius 3 is 3.14 bits per heavy atom. The highest BCUT2D eigenvalue weighted by molar-refractivity contribution is 7.16. The zero-order valence-electron chi connectivity index (χ0n) is 11.4. The van der Waals surface area contributed by atoms with Crippen LogP contribution in [0.3, 0.4) is 0 Å². The van der Waals surface area contributed by atoms with E-state index in [0.717, 1.165) is 11.3 Å². The fraction of sp³-hybridized carbons (Fsp3) is 0.200. The Hall–Kier alpha value is -2.36. The molecule has 2 N–H and O–H groups in total. The number of benzene rings is 1. The lowest BCUT2D eigenvalue weighted by Crippen LogP contribution is -2.14. The third-order valence-corrected chi connectivity index (χ3v) is 3.37. The molecule has 0 bridgehead atoms. The maximum Gasteiger partial charge on any atom is 0.230 e. The molecule has 1 aromatic carbocycles. The van der Waals surface area contributed by atoms with Crippen LogP contribution in [0.25, 0.3) is 0 Å². The molecule has 0 unspecified atom stereocenters. The highest BCUT2D eigenvalue weighted by Crippen LogP contribution is 2.18. The van der Waals surface area contributed by atoms with Crippen LogP contribution in [0.1, 0.15) is 10.4 Å². The third-order valence-electron chi connectivity index (χ3n) is 2.54. The predicted octanol–water partition coefficient (Wildman–Crippen LogP) is 1.68. The van der Waals surface area contributed by atoms with Crippen LogP contribution < -0.4 is 10.1 Å². The summed E-state index contributed by atoms with van der Waals surface area (Å²) in [7, 11) is 1.59. The molecule has 1 aromatic heterocycles. The van der Waals surface area contributed by atoms with Crippen LogP contribution in [-0.4, -0.2) is 29.7 Å². The first-order valence-electron chi connectivity index (χ1n) is 6.19. The highest BCUT2D eigenvalue weighted by atomic mass is 32.1. The number of aliphatic hydroxyl groups excluding tert-OH is 1. The first-order chi connectivity index (χ1) is 10.2. The molecular formula is C15H14N2O3S. The van der Waals surface area contributed by atoms with Crippen molar-refractivity contribution >= 4 is 22.4 Å². The van der Waals surface area contributed by atoms with E-state index in [1.807, 2.05) is 24.3 Å². The van der Waals surface area contributed by atoms with Crippen molar-refractivity contribution < 1.29 is 14.6 Å². The van der Waals surface area contributed by atoms with E-state index in [1.165, 1.54) is 11.3 Å². The van der Waals surface area contributed by atoms with E-state index in [1.54, 1.807) is 13.3 Å². The average Bonchev–Trinajstić information content (AvgIpc) is 2.92. The normalized spacial score (nSPS) is 9.62. The van der Waals surface area contributed by atoms with Gasteiger partial charge < -0.3 is 15.2 Å². The summed E-state index contributed by atoms with van der Waals surface area (Å²) in [5.41, 5.74) is 0.865. The van der Waals surface area contributed by atoms with Gasteiger partial charge in [0.25, 0.3) is 0 Å². The largest absolute Gasteiger partial charge is 0.497 e. The molecule has 21 heavy (non-hydrogen) atoms. The zero-order chi connectivity index (χ0) is 15.1. The maximum absolute atomic E-state index is 11.9. The van der Waals surface area contributed by atoms with E-state index in [2.05, 4.69) is 22.1 Å². The summed E-state index contributed by atoms with van der Waals surface area (Å²) in [5.74, 6) is 5.84. The Bertz CT molecular complexity index is 685. The fourth-order valence-electron chi connectivity index (χ4n) is 1.65. The lowest BCUT2D eigenvalue weighted by Gasteiger charge is -2.04. The molecule has 2 aromatic rings. The van der Waals surface area contributed by atoms with E-state index in [4.69, 9.17) is 9.84 Å². The van der Waals surface area contributed by atoms with Gasteiger partial charge in [-0.05, 0) is 17.7 Å². The summed E-state index contributed by atoms with van der Waals surface area (Å²) in [6, 6.07) is 7.35. The molecule has 0 aliphatic heterocycles. The summed E-state index contributed by atoms with van der Waals surface area (Å²) >= 11 is 1.27. The van der Waals surface area contributed by atoms with Crippen molar-refractivity contribution in [1.29, 1.82) is 0 Å². The minimum Gasteiger partial charge on any atom is -0.497 e. The van der Waals surface area contributed by atoms with Crippen LogP contribution >= 0.6 is 11.3 Å². The SMILES string of the molecule is COc1cccc(CC(=O)Nc2ncc(C#CCO)s2)c1. The lowest BCUT2D eigenvalue weighted by molar-refractivity contribution is -0.115. The summed E-state index contributed by atoms with van der Waals surface area (Å²) in [5, 5.41) is 11.8. The Morgan fingerprint density at radius 1 is 1.52 bits per heavy atom. The summed E-state index contributed by atoms with van der Waals surface area (Å²) in [6.45, 7) is -0.199. The van der Waals surface area contributed by atoms with Gasteiger partial charge in [0.05, 0.1) is 24.6 Å². The van der Waals surface area contributed by atoms with Gasteiger partial charge in [-0.25, -0.2) is 4.98 Å². The first-order valence-corrected chi connectivity index (χ1v) is 7.01. The summed E-state index contributed by atoms with van der Waals surface area (Å²) in [4.78, 5) is 16.7. The molecule has 6 heteroatoms. The van der Waals surface area contributed by atoms with Crippen molar-refractivity contribution in [3.63, 3.8) is 0 Å². The number of ether oxygens (including phenoxy) is 1. The second-order valence-corrected chi connectivity index (χ2v) is 5.10. The van der Waals surface area contributed by atoms with Gasteiger partial charge >= 0.3 is 0 Å². The molecule has 1 heterocycles. The van der Waals surface area contributed by atoms with Gasteiger partial charge in [-0.3, -0.25) is 4.79 Å². The molecule has 0 saturated carbocycles. The van der Waals surface area contributed by atoms with Crippen molar-refractivity contribution in [2.75, 3.05) is 19.0 Å². The minimum absolute atomic E-state index is 0.153. The Labute approximate surface area is 126 Å². The van der Waals surface area contributed by atoms with Crippen LogP contribution in [0, 0.1) is 11.8 Å². The van der Waals surface area contributed by atoms with Crippen LogP contribution in [-0.2, 0) is 11.2 Å². The van der Waals surface area contributed by atoms with Gasteiger partial charge in [-0.1, -0.05) is 35.3 Å². The van der Waals surface area contributed by atoms with Gasteiger partial charge in [0.15, 0.2) is 5.13 Å². The maximum atomic E-state index is 11.9. The molecule has 2 rings (SSSR count). The standard InChI is InChI=1S/C15H14N2O3S/c1-20-12-5-2-4-11(8-12)9-14(19)17-15-16-10-13(21-15)6-3-7-18/h2,4-5,8,10,18H,7,9H2,1H3,(H,16,17,19). The lowest BCUT2D eigenvalue weighted by atomic mass is 10.1. The number of nitrogens with zero attached hydrogens (tertiary/aromatic N) is 1. The fourth-order valence-corrected chi connectivity index (χ4v) is 2.35.